The Labute approximate surface area is 538 Å². The molecule has 18 atom stereocenters. The minimum absolute atomic E-state index is 0.0305. The fourth-order valence-electron chi connectivity index (χ4n) is 25.0. The molecule has 490 valence electrons. The number of carbonyl (C=O) groups excluding carboxylic acids is 2. The fraction of sp³-hybridized carbons (Fsp3) is 0.728. The first kappa shape index (κ1) is 66.0. The highest BCUT2D eigenvalue weighted by Gasteiger charge is 2.84. The smallest absolute Gasteiger partial charge is 0.331 e. The van der Waals surface area contributed by atoms with Gasteiger partial charge in [-0.3, -0.25) is 0 Å². The zero-order valence-corrected chi connectivity index (χ0v) is 58.3. The minimum atomic E-state index is -0.278. The summed E-state index contributed by atoms with van der Waals surface area (Å²) in [5, 5.41) is 19.8. The van der Waals surface area contributed by atoms with E-state index in [0.29, 0.717) is 72.6 Å². The lowest BCUT2D eigenvalue weighted by Gasteiger charge is -2.63. The molecular formula is C81H118O8. The SMILES string of the molecule is C=C(CCC(C)C1CCC2(C)C3CCC4C(C)(C)C(OC(=O)/C=C/c5ccc(O)c(OC)c5)CCC45CC35CCC12C)C(C)C.COc1cc(/C=C/C(=O)OC2CCC34CC35CCC3(C)C(C(C)CCC=C(C)C)CCC3(C)C5CCC4C2(C)C)ccc1O. The summed E-state index contributed by atoms with van der Waals surface area (Å²) in [6.07, 6.45) is 37.6. The lowest BCUT2D eigenvalue weighted by Crippen LogP contribution is -2.58. The molecule has 0 aromatic heterocycles. The van der Waals surface area contributed by atoms with E-state index in [1.54, 1.807) is 48.6 Å². The predicted octanol–water partition coefficient (Wildman–Crippen LogP) is 20.5. The second kappa shape index (κ2) is 23.5. The molecule has 2 aromatic carbocycles. The van der Waals surface area contributed by atoms with Gasteiger partial charge in [0.05, 0.1) is 14.2 Å². The number of phenols is 2. The number of rotatable bonds is 17. The molecule has 0 saturated heterocycles. The molecule has 2 aromatic rings. The van der Waals surface area contributed by atoms with E-state index >= 15 is 0 Å². The molecule has 89 heavy (non-hydrogen) atoms. The molecule has 0 heterocycles. The van der Waals surface area contributed by atoms with Gasteiger partial charge in [-0.25, -0.2) is 9.59 Å². The summed E-state index contributed by atoms with van der Waals surface area (Å²) in [4.78, 5) is 26.1. The summed E-state index contributed by atoms with van der Waals surface area (Å²) >= 11 is 0. The largest absolute Gasteiger partial charge is 0.504 e. The predicted molar refractivity (Wildman–Crippen MR) is 361 cm³/mol. The van der Waals surface area contributed by atoms with Crippen molar-refractivity contribution in [3.63, 3.8) is 0 Å². The van der Waals surface area contributed by atoms with Crippen molar-refractivity contribution in [1.82, 2.24) is 0 Å². The van der Waals surface area contributed by atoms with Crippen LogP contribution in [0.1, 0.15) is 249 Å². The van der Waals surface area contributed by atoms with Crippen molar-refractivity contribution in [2.75, 3.05) is 14.2 Å². The number of carbonyl (C=O) groups is 2. The Balaban J connectivity index is 0.000000184. The third-order valence-corrected chi connectivity index (χ3v) is 30.3. The van der Waals surface area contributed by atoms with Crippen molar-refractivity contribution in [3.05, 3.63) is 83.5 Å². The highest BCUT2D eigenvalue weighted by Crippen LogP contribution is 2.91. The topological polar surface area (TPSA) is 112 Å². The molecule has 8 nitrogen and oxygen atoms in total. The van der Waals surface area contributed by atoms with Crippen LogP contribution in [0.15, 0.2) is 72.4 Å². The molecule has 0 amide bonds. The van der Waals surface area contributed by atoms with Crippen LogP contribution < -0.4 is 9.47 Å². The number of methoxy groups -OCH3 is 2. The molecule has 18 unspecified atom stereocenters. The van der Waals surface area contributed by atoms with E-state index in [1.807, 2.05) is 0 Å². The zero-order valence-electron chi connectivity index (χ0n) is 58.3. The average molecular weight is 1220 g/mol. The van der Waals surface area contributed by atoms with Gasteiger partial charge in [-0.2, -0.15) is 0 Å². The molecule has 10 aliphatic rings. The number of phenolic OH excluding ortho intramolecular Hbond substituents is 2. The quantitative estimate of drug-likeness (QED) is 0.0915. The Morgan fingerprint density at radius 3 is 1.35 bits per heavy atom. The lowest BCUT2D eigenvalue weighted by molar-refractivity contribution is -0.179. The second-order valence-electron chi connectivity index (χ2n) is 34.6. The maximum atomic E-state index is 13.1. The van der Waals surface area contributed by atoms with Crippen molar-refractivity contribution in [2.45, 2.75) is 250 Å². The zero-order chi connectivity index (χ0) is 64.3. The number of fused-ring (bicyclic) bond motifs is 4. The number of aromatic hydroxyl groups is 2. The van der Waals surface area contributed by atoms with Crippen LogP contribution in [-0.4, -0.2) is 48.6 Å². The van der Waals surface area contributed by atoms with E-state index in [4.69, 9.17) is 18.9 Å². The molecule has 2 N–H and O–H groups in total. The van der Waals surface area contributed by atoms with E-state index in [0.717, 1.165) is 59.5 Å². The first-order chi connectivity index (χ1) is 41.9. The van der Waals surface area contributed by atoms with Crippen molar-refractivity contribution >= 4 is 24.1 Å². The molecule has 0 aliphatic heterocycles. The summed E-state index contributed by atoms with van der Waals surface area (Å²) in [6.45, 7) is 39.0. The van der Waals surface area contributed by atoms with Crippen molar-refractivity contribution in [2.24, 2.45) is 107 Å². The Morgan fingerprint density at radius 2 is 0.944 bits per heavy atom. The van der Waals surface area contributed by atoms with E-state index < -0.39 is 0 Å². The molecule has 4 spiro atoms. The van der Waals surface area contributed by atoms with Crippen LogP contribution in [0, 0.1) is 107 Å². The molecule has 10 aliphatic carbocycles. The van der Waals surface area contributed by atoms with Crippen molar-refractivity contribution in [3.8, 4) is 23.0 Å². The molecule has 10 saturated carbocycles. The number of benzene rings is 2. The summed E-state index contributed by atoms with van der Waals surface area (Å²) in [6, 6.07) is 10.2. The van der Waals surface area contributed by atoms with Gasteiger partial charge in [0.2, 0.25) is 0 Å². The van der Waals surface area contributed by atoms with Crippen molar-refractivity contribution < 1.29 is 38.7 Å². The molecule has 12 rings (SSSR count). The molecular weight excluding hydrogens is 1100 g/mol. The highest BCUT2D eigenvalue weighted by atomic mass is 16.5. The maximum absolute atomic E-state index is 13.1. The monoisotopic (exact) mass is 1220 g/mol. The van der Waals surface area contributed by atoms with Gasteiger partial charge in [0, 0.05) is 23.0 Å². The third kappa shape index (κ3) is 10.5. The number of allylic oxidation sites excluding steroid dienone is 3. The van der Waals surface area contributed by atoms with Gasteiger partial charge in [-0.1, -0.05) is 119 Å². The van der Waals surface area contributed by atoms with Crippen LogP contribution >= 0.6 is 0 Å². The Kier molecular flexibility index (Phi) is 17.4. The van der Waals surface area contributed by atoms with Crippen LogP contribution in [0.25, 0.3) is 12.2 Å². The van der Waals surface area contributed by atoms with Gasteiger partial charge in [0.1, 0.15) is 12.2 Å². The first-order valence-electron chi connectivity index (χ1n) is 35.7. The van der Waals surface area contributed by atoms with Crippen LogP contribution in [0.2, 0.25) is 0 Å². The van der Waals surface area contributed by atoms with E-state index in [2.05, 4.69) is 110 Å². The van der Waals surface area contributed by atoms with Crippen LogP contribution in [0.5, 0.6) is 23.0 Å². The van der Waals surface area contributed by atoms with Crippen LogP contribution in [0.3, 0.4) is 0 Å². The van der Waals surface area contributed by atoms with E-state index in [9.17, 15) is 19.8 Å². The van der Waals surface area contributed by atoms with Crippen LogP contribution in [0.4, 0.5) is 0 Å². The number of hydrogen-bond acceptors (Lipinski definition) is 8. The Hall–Kier alpha value is -4.46. The number of ether oxygens (including phenoxy) is 4. The first-order valence-corrected chi connectivity index (χ1v) is 35.7. The molecule has 0 radical (unpaired) electrons. The Bertz CT molecular complexity index is 3100. The maximum Gasteiger partial charge on any atom is 0.331 e. The van der Waals surface area contributed by atoms with Gasteiger partial charge in [-0.05, 0) is 299 Å². The van der Waals surface area contributed by atoms with Gasteiger partial charge in [-0.15, -0.1) is 0 Å². The third-order valence-electron chi connectivity index (χ3n) is 30.3. The Morgan fingerprint density at radius 1 is 0.539 bits per heavy atom. The fourth-order valence-corrected chi connectivity index (χ4v) is 25.0. The highest BCUT2D eigenvalue weighted by molar-refractivity contribution is 5.88. The number of hydrogen-bond donors (Lipinski definition) is 2. The minimum Gasteiger partial charge on any atom is -0.504 e. The normalized spacial score (nSPS) is 40.4. The van der Waals surface area contributed by atoms with E-state index in [-0.39, 0.29) is 46.5 Å². The standard InChI is InChI=1S/C41H60O4.C40H58O4/c1-26(2)27(3)10-11-28(4)30-18-20-39(8)34-16-15-33-37(5,6)35(19-21-40(33)25-41(34,40)23-22-38(30,39)7)45-36(43)17-13-29-12-14-31(42)32(24-29)44-9;1-26(2)10-9-11-27(3)29-18-20-38(7)33-16-15-32-36(4,5)34(19-21-39(32)25-40(33,39)23-22-37(29,38)6)44-35(42)17-13-28-12-14-30(41)31(24-28)43-8/h12-14,17,24,26,28,30,33-35,42H,3,10-11,15-16,18-23,25H2,1-2,4-9H3;10,12-14,17,24,27,29,32-34,41H,9,11,15-16,18-23,25H2,1-8H3/b2*17-13+. The van der Waals surface area contributed by atoms with Crippen LogP contribution in [-0.2, 0) is 19.1 Å². The van der Waals surface area contributed by atoms with Gasteiger partial charge < -0.3 is 29.2 Å². The van der Waals surface area contributed by atoms with Gasteiger partial charge in [0.15, 0.2) is 23.0 Å². The van der Waals surface area contributed by atoms with E-state index in [1.165, 1.54) is 166 Å². The van der Waals surface area contributed by atoms with Crippen molar-refractivity contribution in [1.29, 1.82) is 0 Å². The van der Waals surface area contributed by atoms with Gasteiger partial charge >= 0.3 is 11.9 Å². The average Bonchev–Trinajstić information content (AvgIpc) is 1.49. The summed E-state index contributed by atoms with van der Waals surface area (Å²) in [5.41, 5.74) is 8.06. The summed E-state index contributed by atoms with van der Waals surface area (Å²) in [7, 11) is 3.05. The molecule has 10 fully saturated rings. The second-order valence-corrected chi connectivity index (χ2v) is 34.6. The summed E-state index contributed by atoms with van der Waals surface area (Å²) in [5.74, 6) is 7.16. The number of esters is 2. The summed E-state index contributed by atoms with van der Waals surface area (Å²) < 4.78 is 22.9. The molecule has 0 bridgehead atoms. The molecule has 8 heteroatoms. The lowest BCUT2D eigenvalue weighted by atomic mass is 9.41. The van der Waals surface area contributed by atoms with Gasteiger partial charge in [0.25, 0.3) is 0 Å².